The Balaban J connectivity index is 2.24. The second kappa shape index (κ2) is 6.17. The summed E-state index contributed by atoms with van der Waals surface area (Å²) in [7, 11) is -3.01. The van der Waals surface area contributed by atoms with Gasteiger partial charge in [0.15, 0.2) is 15.5 Å². The highest BCUT2D eigenvalue weighted by Gasteiger charge is 2.12. The molecule has 0 amide bonds. The van der Waals surface area contributed by atoms with E-state index in [1.54, 1.807) is 17.8 Å². The molecule has 0 saturated heterocycles. The Kier molecular flexibility index (Phi) is 4.53. The quantitative estimate of drug-likeness (QED) is 0.822. The molecule has 0 aromatic carbocycles. The molecule has 0 saturated carbocycles. The van der Waals surface area contributed by atoms with Crippen LogP contribution in [-0.4, -0.2) is 46.2 Å². The molecule has 0 unspecified atom stereocenters. The predicted octanol–water partition coefficient (Wildman–Crippen LogP) is 1.08. The van der Waals surface area contributed by atoms with Crippen molar-refractivity contribution in [1.29, 1.82) is 0 Å². The largest absolute Gasteiger partial charge is 0.369 e. The van der Waals surface area contributed by atoms with Crippen molar-refractivity contribution in [2.75, 3.05) is 23.4 Å². The molecule has 8 heteroatoms. The molecule has 20 heavy (non-hydrogen) atoms. The number of aryl methyl sites for hydroxylation is 1. The van der Waals surface area contributed by atoms with Crippen molar-refractivity contribution < 1.29 is 8.42 Å². The fourth-order valence-electron chi connectivity index (χ4n) is 1.81. The van der Waals surface area contributed by atoms with Crippen LogP contribution in [0.25, 0.3) is 11.0 Å². The molecule has 0 bridgehead atoms. The van der Waals surface area contributed by atoms with Crippen LogP contribution in [0, 0.1) is 0 Å². The molecule has 110 valence electrons. The Morgan fingerprint density at radius 2 is 2.10 bits per heavy atom. The van der Waals surface area contributed by atoms with Crippen molar-refractivity contribution in [3.05, 3.63) is 12.5 Å². The number of fused-ring (bicyclic) bond motifs is 1. The lowest BCUT2D eigenvalue weighted by molar-refractivity contribution is 0.584. The summed E-state index contributed by atoms with van der Waals surface area (Å²) in [4.78, 5) is 8.38. The van der Waals surface area contributed by atoms with E-state index in [0.717, 1.165) is 24.2 Å². The number of rotatable bonds is 7. The van der Waals surface area contributed by atoms with Crippen LogP contribution in [0.4, 0.5) is 5.82 Å². The van der Waals surface area contributed by atoms with Gasteiger partial charge in [-0.1, -0.05) is 13.8 Å². The van der Waals surface area contributed by atoms with Crippen LogP contribution >= 0.6 is 0 Å². The monoisotopic (exact) mass is 297 g/mol. The summed E-state index contributed by atoms with van der Waals surface area (Å²) >= 11 is 0. The van der Waals surface area contributed by atoms with Crippen LogP contribution in [0.1, 0.15) is 20.3 Å². The molecule has 2 aromatic heterocycles. The third-order valence-corrected chi connectivity index (χ3v) is 4.71. The molecule has 0 aliphatic rings. The molecule has 0 aliphatic carbocycles. The summed E-state index contributed by atoms with van der Waals surface area (Å²) in [6.07, 6.45) is 4.13. The first kappa shape index (κ1) is 14.7. The van der Waals surface area contributed by atoms with E-state index in [4.69, 9.17) is 0 Å². The highest BCUT2D eigenvalue weighted by Crippen LogP contribution is 2.18. The molecule has 2 aromatic rings. The van der Waals surface area contributed by atoms with Crippen molar-refractivity contribution in [3.63, 3.8) is 0 Å². The minimum atomic E-state index is -3.01. The van der Waals surface area contributed by atoms with Crippen molar-refractivity contribution in [3.8, 4) is 0 Å². The summed E-state index contributed by atoms with van der Waals surface area (Å²) in [5.41, 5.74) is 0.657. The van der Waals surface area contributed by atoms with Gasteiger partial charge in [-0.05, 0) is 6.42 Å². The number of nitrogens with one attached hydrogen (secondary N) is 1. The maximum atomic E-state index is 11.6. The second-order valence-corrected chi connectivity index (χ2v) is 6.96. The molecule has 0 radical (unpaired) electrons. The van der Waals surface area contributed by atoms with Gasteiger partial charge in [-0.2, -0.15) is 5.10 Å². The van der Waals surface area contributed by atoms with Crippen LogP contribution in [-0.2, 0) is 16.4 Å². The first-order valence-electron chi connectivity index (χ1n) is 6.68. The minimum Gasteiger partial charge on any atom is -0.369 e. The topological polar surface area (TPSA) is 89.8 Å². The third-order valence-electron chi connectivity index (χ3n) is 3.03. The van der Waals surface area contributed by atoms with E-state index in [1.807, 2.05) is 0 Å². The van der Waals surface area contributed by atoms with E-state index in [-0.39, 0.29) is 11.5 Å². The zero-order valence-electron chi connectivity index (χ0n) is 11.7. The molecule has 2 rings (SSSR count). The van der Waals surface area contributed by atoms with E-state index in [9.17, 15) is 8.42 Å². The van der Waals surface area contributed by atoms with Gasteiger partial charge in [0.25, 0.3) is 0 Å². The van der Waals surface area contributed by atoms with Crippen molar-refractivity contribution in [1.82, 2.24) is 19.7 Å². The summed E-state index contributed by atoms with van der Waals surface area (Å²) in [5, 5.41) is 8.24. The Morgan fingerprint density at radius 3 is 2.80 bits per heavy atom. The lowest BCUT2D eigenvalue weighted by Gasteiger charge is -2.05. The maximum absolute atomic E-state index is 11.6. The molecule has 2 heterocycles. The van der Waals surface area contributed by atoms with Gasteiger partial charge in [-0.25, -0.2) is 23.1 Å². The normalized spacial score (nSPS) is 11.9. The van der Waals surface area contributed by atoms with Gasteiger partial charge in [-0.15, -0.1) is 0 Å². The summed E-state index contributed by atoms with van der Waals surface area (Å²) in [6.45, 7) is 4.85. The predicted molar refractivity (Wildman–Crippen MR) is 78.4 cm³/mol. The summed E-state index contributed by atoms with van der Waals surface area (Å²) in [6, 6.07) is 0. The minimum absolute atomic E-state index is 0.0714. The molecule has 0 fully saturated rings. The molecule has 0 atom stereocenters. The molecular weight excluding hydrogens is 278 g/mol. The number of nitrogens with zero attached hydrogens (tertiary/aromatic N) is 4. The average Bonchev–Trinajstić information content (AvgIpc) is 2.87. The van der Waals surface area contributed by atoms with Crippen LogP contribution in [0.2, 0.25) is 0 Å². The third kappa shape index (κ3) is 3.24. The van der Waals surface area contributed by atoms with E-state index in [1.165, 1.54) is 6.33 Å². The fourth-order valence-corrected chi connectivity index (χ4v) is 2.55. The Labute approximate surface area is 118 Å². The van der Waals surface area contributed by atoms with E-state index in [2.05, 4.69) is 27.3 Å². The number of aromatic nitrogens is 4. The van der Waals surface area contributed by atoms with E-state index >= 15 is 0 Å². The van der Waals surface area contributed by atoms with Crippen LogP contribution in [0.15, 0.2) is 12.5 Å². The fraction of sp³-hybridized carbons (Fsp3) is 0.583. The molecule has 7 nitrogen and oxygen atoms in total. The SMILES string of the molecule is CCCNc1ncnc2c1cnn2CCS(=O)(=O)CC. The smallest absolute Gasteiger partial charge is 0.163 e. The van der Waals surface area contributed by atoms with Crippen LogP contribution in [0.5, 0.6) is 0 Å². The molecular formula is C12H19N5O2S. The highest BCUT2D eigenvalue weighted by molar-refractivity contribution is 7.91. The standard InChI is InChI=1S/C12H19N5O2S/c1-3-5-13-11-10-8-16-17(12(10)15-9-14-11)6-7-20(18,19)4-2/h8-9H,3-7H2,1-2H3,(H,13,14,15). The lowest BCUT2D eigenvalue weighted by Crippen LogP contribution is -2.15. The highest BCUT2D eigenvalue weighted by atomic mass is 32.2. The second-order valence-electron chi connectivity index (χ2n) is 4.49. The number of sulfone groups is 1. The molecule has 0 spiro atoms. The summed E-state index contributed by atoms with van der Waals surface area (Å²) in [5.74, 6) is 0.952. The van der Waals surface area contributed by atoms with Gasteiger partial charge in [0, 0.05) is 12.3 Å². The average molecular weight is 297 g/mol. The zero-order valence-corrected chi connectivity index (χ0v) is 12.5. The maximum Gasteiger partial charge on any atom is 0.163 e. The van der Waals surface area contributed by atoms with Gasteiger partial charge >= 0.3 is 0 Å². The molecule has 1 N–H and O–H groups in total. The number of hydrogen-bond acceptors (Lipinski definition) is 6. The molecule has 0 aliphatic heterocycles. The van der Waals surface area contributed by atoms with Crippen molar-refractivity contribution >= 4 is 26.7 Å². The van der Waals surface area contributed by atoms with E-state index in [0.29, 0.717) is 12.2 Å². The number of anilines is 1. The first-order valence-corrected chi connectivity index (χ1v) is 8.50. The van der Waals surface area contributed by atoms with Crippen LogP contribution < -0.4 is 5.32 Å². The summed E-state index contributed by atoms with van der Waals surface area (Å²) < 4.78 is 24.7. The van der Waals surface area contributed by atoms with Crippen LogP contribution in [0.3, 0.4) is 0 Å². The first-order chi connectivity index (χ1) is 9.57. The van der Waals surface area contributed by atoms with Gasteiger partial charge in [0.05, 0.1) is 23.9 Å². The lowest BCUT2D eigenvalue weighted by atomic mass is 10.4. The van der Waals surface area contributed by atoms with Gasteiger partial charge in [-0.3, -0.25) is 0 Å². The zero-order chi connectivity index (χ0) is 14.6. The van der Waals surface area contributed by atoms with Crippen molar-refractivity contribution in [2.45, 2.75) is 26.8 Å². The Bertz CT molecular complexity index is 680. The Hall–Kier alpha value is -1.70. The van der Waals surface area contributed by atoms with E-state index < -0.39 is 9.84 Å². The van der Waals surface area contributed by atoms with Gasteiger partial charge in [0.2, 0.25) is 0 Å². The van der Waals surface area contributed by atoms with Gasteiger partial charge in [0.1, 0.15) is 12.1 Å². The van der Waals surface area contributed by atoms with Gasteiger partial charge < -0.3 is 5.32 Å². The Morgan fingerprint density at radius 1 is 1.30 bits per heavy atom. The number of hydrogen-bond donors (Lipinski definition) is 1. The van der Waals surface area contributed by atoms with Crippen molar-refractivity contribution in [2.24, 2.45) is 0 Å².